The van der Waals surface area contributed by atoms with Crippen LogP contribution in [0.25, 0.3) is 11.1 Å². The van der Waals surface area contributed by atoms with E-state index in [4.69, 9.17) is 0 Å². The Hall–Kier alpha value is -2.38. The minimum absolute atomic E-state index is 0.308. The molecular formula is C14H8F6O2. The van der Waals surface area contributed by atoms with Gasteiger partial charge in [-0.1, -0.05) is 0 Å². The number of hydrogen-bond donors (Lipinski definition) is 0. The molecule has 0 heterocycles. The van der Waals surface area contributed by atoms with E-state index in [1.807, 2.05) is 0 Å². The lowest BCUT2D eigenvalue weighted by Crippen LogP contribution is -2.03. The molecule has 0 saturated carbocycles. The van der Waals surface area contributed by atoms with Crippen LogP contribution in [0, 0.1) is 34.9 Å². The molecule has 8 heteroatoms. The monoisotopic (exact) mass is 322 g/mol. The van der Waals surface area contributed by atoms with Gasteiger partial charge in [-0.2, -0.15) is 8.78 Å². The first kappa shape index (κ1) is 16.0. The molecule has 22 heavy (non-hydrogen) atoms. The molecule has 118 valence electrons. The zero-order valence-electron chi connectivity index (χ0n) is 11.2. The maximum atomic E-state index is 14.1. The van der Waals surface area contributed by atoms with E-state index < -0.39 is 57.5 Å². The molecule has 0 aliphatic heterocycles. The van der Waals surface area contributed by atoms with E-state index in [9.17, 15) is 26.3 Å². The molecule has 0 spiro atoms. The van der Waals surface area contributed by atoms with E-state index in [0.717, 1.165) is 14.2 Å². The van der Waals surface area contributed by atoms with Crippen LogP contribution in [-0.2, 0) is 0 Å². The highest BCUT2D eigenvalue weighted by molar-refractivity contribution is 5.69. The topological polar surface area (TPSA) is 18.5 Å². The molecular weight excluding hydrogens is 314 g/mol. The maximum absolute atomic E-state index is 14.1. The van der Waals surface area contributed by atoms with Gasteiger partial charge < -0.3 is 9.47 Å². The van der Waals surface area contributed by atoms with Crippen LogP contribution < -0.4 is 9.47 Å². The van der Waals surface area contributed by atoms with Gasteiger partial charge in [0, 0.05) is 11.1 Å². The fraction of sp³-hybridized carbons (Fsp3) is 0.143. The van der Waals surface area contributed by atoms with Crippen molar-refractivity contribution in [2.45, 2.75) is 0 Å². The third-order valence-electron chi connectivity index (χ3n) is 2.93. The summed E-state index contributed by atoms with van der Waals surface area (Å²) in [5.41, 5.74) is -1.68. The Labute approximate surface area is 120 Å². The van der Waals surface area contributed by atoms with E-state index in [-0.39, 0.29) is 0 Å². The first-order valence-electron chi connectivity index (χ1n) is 5.76. The second-order valence-corrected chi connectivity index (χ2v) is 4.13. The highest BCUT2D eigenvalue weighted by atomic mass is 19.2. The Morgan fingerprint density at radius 1 is 0.591 bits per heavy atom. The van der Waals surface area contributed by atoms with E-state index in [1.54, 1.807) is 0 Å². The Kier molecular flexibility index (Phi) is 4.20. The van der Waals surface area contributed by atoms with Crippen molar-refractivity contribution in [2.75, 3.05) is 14.2 Å². The fourth-order valence-electron chi connectivity index (χ4n) is 1.91. The molecule has 0 N–H and O–H groups in total. The van der Waals surface area contributed by atoms with E-state index in [0.29, 0.717) is 12.1 Å². The second kappa shape index (κ2) is 5.78. The number of ether oxygens (including phenoxy) is 2. The fourth-order valence-corrected chi connectivity index (χ4v) is 1.91. The van der Waals surface area contributed by atoms with Crippen molar-refractivity contribution in [3.05, 3.63) is 47.0 Å². The summed E-state index contributed by atoms with van der Waals surface area (Å²) in [7, 11) is 1.74. The zero-order valence-corrected chi connectivity index (χ0v) is 11.2. The molecule has 0 bridgehead atoms. The summed E-state index contributed by atoms with van der Waals surface area (Å²) in [6.07, 6.45) is 0. The van der Waals surface area contributed by atoms with Gasteiger partial charge in [0.15, 0.2) is 34.8 Å². The molecule has 2 aromatic rings. The summed E-state index contributed by atoms with van der Waals surface area (Å²) in [5.74, 6) is -11.5. The van der Waals surface area contributed by atoms with Gasteiger partial charge in [0.1, 0.15) is 0 Å². The van der Waals surface area contributed by atoms with Gasteiger partial charge in [0.2, 0.25) is 11.6 Å². The van der Waals surface area contributed by atoms with Gasteiger partial charge in [-0.05, 0) is 12.1 Å². The molecule has 0 aliphatic rings. The van der Waals surface area contributed by atoms with Gasteiger partial charge in [-0.25, -0.2) is 17.6 Å². The zero-order chi connectivity index (χ0) is 16.6. The summed E-state index contributed by atoms with van der Waals surface area (Å²) in [6.45, 7) is 0. The Morgan fingerprint density at radius 3 is 1.18 bits per heavy atom. The minimum Gasteiger partial charge on any atom is -0.491 e. The van der Waals surface area contributed by atoms with Gasteiger partial charge in [-0.3, -0.25) is 0 Å². The lowest BCUT2D eigenvalue weighted by atomic mass is 10.0. The lowest BCUT2D eigenvalue weighted by molar-refractivity contribution is 0.344. The standard InChI is InChI=1S/C14H8F6O2/c1-21-13-9(17)5(3-7(15)11(13)19)6-4-8(16)12(20)14(22-2)10(6)18/h3-4H,1-2H3. The Morgan fingerprint density at radius 2 is 0.909 bits per heavy atom. The Balaban J connectivity index is 2.83. The van der Waals surface area contributed by atoms with Crippen molar-refractivity contribution in [3.63, 3.8) is 0 Å². The number of halogens is 6. The van der Waals surface area contributed by atoms with Gasteiger partial charge in [0.25, 0.3) is 0 Å². The molecule has 0 amide bonds. The average Bonchev–Trinajstić information content (AvgIpc) is 2.48. The van der Waals surface area contributed by atoms with Gasteiger partial charge in [0.05, 0.1) is 14.2 Å². The third-order valence-corrected chi connectivity index (χ3v) is 2.93. The number of hydrogen-bond acceptors (Lipinski definition) is 2. The largest absolute Gasteiger partial charge is 0.491 e. The van der Waals surface area contributed by atoms with Gasteiger partial charge in [-0.15, -0.1) is 0 Å². The molecule has 0 atom stereocenters. The van der Waals surface area contributed by atoms with Crippen molar-refractivity contribution >= 4 is 0 Å². The predicted octanol–water partition coefficient (Wildman–Crippen LogP) is 4.21. The summed E-state index contributed by atoms with van der Waals surface area (Å²) < 4.78 is 90.5. The average molecular weight is 322 g/mol. The van der Waals surface area contributed by atoms with Crippen LogP contribution in [0.5, 0.6) is 11.5 Å². The second-order valence-electron chi connectivity index (χ2n) is 4.13. The van der Waals surface area contributed by atoms with Crippen LogP contribution >= 0.6 is 0 Å². The molecule has 0 radical (unpaired) electrons. The smallest absolute Gasteiger partial charge is 0.203 e. The van der Waals surface area contributed by atoms with Crippen molar-refractivity contribution in [1.82, 2.24) is 0 Å². The summed E-state index contributed by atoms with van der Waals surface area (Å²) in [6, 6.07) is 0.616. The van der Waals surface area contributed by atoms with Crippen LogP contribution in [0.15, 0.2) is 12.1 Å². The highest BCUT2D eigenvalue weighted by Crippen LogP contribution is 2.38. The molecule has 2 rings (SSSR count). The van der Waals surface area contributed by atoms with Crippen LogP contribution in [-0.4, -0.2) is 14.2 Å². The quantitative estimate of drug-likeness (QED) is 0.623. The van der Waals surface area contributed by atoms with Crippen molar-refractivity contribution < 1.29 is 35.8 Å². The SMILES string of the molecule is COc1c(F)c(F)cc(-c2cc(F)c(F)c(OC)c2F)c1F. The molecule has 0 fully saturated rings. The van der Waals surface area contributed by atoms with Crippen LogP contribution in [0.2, 0.25) is 0 Å². The first-order chi connectivity index (χ1) is 10.3. The molecule has 0 unspecified atom stereocenters. The lowest BCUT2D eigenvalue weighted by Gasteiger charge is -2.13. The number of rotatable bonds is 3. The van der Waals surface area contributed by atoms with Crippen LogP contribution in [0.4, 0.5) is 26.3 Å². The van der Waals surface area contributed by atoms with Crippen LogP contribution in [0.1, 0.15) is 0 Å². The van der Waals surface area contributed by atoms with E-state index >= 15 is 0 Å². The molecule has 0 saturated heterocycles. The van der Waals surface area contributed by atoms with E-state index in [2.05, 4.69) is 9.47 Å². The maximum Gasteiger partial charge on any atom is 0.203 e. The van der Waals surface area contributed by atoms with Gasteiger partial charge >= 0.3 is 0 Å². The van der Waals surface area contributed by atoms with Crippen molar-refractivity contribution in [3.8, 4) is 22.6 Å². The Bertz CT molecular complexity index is 682. The molecule has 2 aromatic carbocycles. The number of benzene rings is 2. The minimum atomic E-state index is -1.63. The van der Waals surface area contributed by atoms with E-state index in [1.165, 1.54) is 0 Å². The number of methoxy groups -OCH3 is 2. The third kappa shape index (κ3) is 2.34. The highest BCUT2D eigenvalue weighted by Gasteiger charge is 2.26. The molecule has 0 aliphatic carbocycles. The van der Waals surface area contributed by atoms with Crippen LogP contribution in [0.3, 0.4) is 0 Å². The first-order valence-corrected chi connectivity index (χ1v) is 5.76. The normalized spacial score (nSPS) is 10.7. The van der Waals surface area contributed by atoms with Crippen molar-refractivity contribution in [1.29, 1.82) is 0 Å². The summed E-state index contributed by atoms with van der Waals surface area (Å²) >= 11 is 0. The predicted molar refractivity (Wildman–Crippen MR) is 64.7 cm³/mol. The van der Waals surface area contributed by atoms with Crippen molar-refractivity contribution in [2.24, 2.45) is 0 Å². The molecule has 2 nitrogen and oxygen atoms in total. The molecule has 0 aromatic heterocycles. The summed E-state index contributed by atoms with van der Waals surface area (Å²) in [5, 5.41) is 0. The summed E-state index contributed by atoms with van der Waals surface area (Å²) in [4.78, 5) is 0.